The number of carbonyl (C=O) groups is 2. The first-order valence-electron chi connectivity index (χ1n) is 7.56. The van der Waals surface area contributed by atoms with E-state index in [1.165, 1.54) is 25.7 Å². The van der Waals surface area contributed by atoms with Crippen molar-refractivity contribution in [2.24, 2.45) is 5.92 Å². The second-order valence-corrected chi connectivity index (χ2v) is 6.57. The van der Waals surface area contributed by atoms with E-state index < -0.39 is 5.54 Å². The molecule has 1 aliphatic heterocycles. The van der Waals surface area contributed by atoms with Crippen LogP contribution < -0.4 is 5.32 Å². The maximum atomic E-state index is 12.4. The molecule has 1 saturated heterocycles. The zero-order valence-corrected chi connectivity index (χ0v) is 12.4. The predicted molar refractivity (Wildman–Crippen MR) is 74.6 cm³/mol. The van der Waals surface area contributed by atoms with Crippen LogP contribution in [0.3, 0.4) is 0 Å². The van der Waals surface area contributed by atoms with E-state index in [2.05, 4.69) is 12.2 Å². The van der Waals surface area contributed by atoms with E-state index in [1.54, 1.807) is 13.8 Å². The zero-order chi connectivity index (χ0) is 14.0. The fourth-order valence-electron chi connectivity index (χ4n) is 3.48. The number of amides is 2. The summed E-state index contributed by atoms with van der Waals surface area (Å²) in [6, 6.07) is 0.269. The van der Waals surface area contributed by atoms with Gasteiger partial charge in [-0.15, -0.1) is 0 Å². The van der Waals surface area contributed by atoms with E-state index in [-0.39, 0.29) is 24.4 Å². The second-order valence-electron chi connectivity index (χ2n) is 6.57. The van der Waals surface area contributed by atoms with Gasteiger partial charge in [0.25, 0.3) is 0 Å². The lowest BCUT2D eigenvalue weighted by Gasteiger charge is -2.43. The van der Waals surface area contributed by atoms with E-state index in [4.69, 9.17) is 0 Å². The minimum atomic E-state index is -0.740. The minimum absolute atomic E-state index is 0.0275. The molecule has 0 bridgehead atoms. The Labute approximate surface area is 115 Å². The Kier molecular flexibility index (Phi) is 4.16. The number of hydrogen-bond acceptors (Lipinski definition) is 2. The lowest BCUT2D eigenvalue weighted by atomic mass is 9.82. The number of piperazine rings is 1. The Hall–Kier alpha value is -1.06. The molecular formula is C15H26N2O2. The van der Waals surface area contributed by atoms with Gasteiger partial charge in [0.2, 0.25) is 11.8 Å². The zero-order valence-electron chi connectivity index (χ0n) is 12.4. The van der Waals surface area contributed by atoms with Crippen molar-refractivity contribution in [3.05, 3.63) is 0 Å². The summed E-state index contributed by atoms with van der Waals surface area (Å²) in [5.74, 6) is 0.870. The van der Waals surface area contributed by atoms with E-state index in [0.29, 0.717) is 0 Å². The highest BCUT2D eigenvalue weighted by molar-refractivity contribution is 5.97. The largest absolute Gasteiger partial charge is 0.341 e. The molecule has 0 atom stereocenters. The fraction of sp³-hybridized carbons (Fsp3) is 0.867. The summed E-state index contributed by atoms with van der Waals surface area (Å²) in [5.41, 5.74) is -0.740. The van der Waals surface area contributed by atoms with Crippen molar-refractivity contribution in [3.63, 3.8) is 0 Å². The molecule has 4 heteroatoms. The van der Waals surface area contributed by atoms with Crippen LogP contribution in [0.2, 0.25) is 0 Å². The second kappa shape index (κ2) is 5.51. The van der Waals surface area contributed by atoms with E-state index >= 15 is 0 Å². The molecule has 108 valence electrons. The maximum Gasteiger partial charge on any atom is 0.248 e. The number of hydrogen-bond donors (Lipinski definition) is 1. The first-order chi connectivity index (χ1) is 8.94. The molecule has 2 rings (SSSR count). The van der Waals surface area contributed by atoms with Crippen molar-refractivity contribution in [2.75, 3.05) is 6.54 Å². The molecule has 2 amide bonds. The highest BCUT2D eigenvalue weighted by atomic mass is 16.2. The fourth-order valence-corrected chi connectivity index (χ4v) is 3.48. The van der Waals surface area contributed by atoms with Gasteiger partial charge in [-0.25, -0.2) is 0 Å². The first kappa shape index (κ1) is 14.4. The molecule has 2 fully saturated rings. The summed E-state index contributed by atoms with van der Waals surface area (Å²) in [7, 11) is 0. The lowest BCUT2D eigenvalue weighted by molar-refractivity contribution is -0.151. The number of rotatable bonds is 3. The summed E-state index contributed by atoms with van der Waals surface area (Å²) in [5, 5.41) is 2.77. The van der Waals surface area contributed by atoms with Gasteiger partial charge in [-0.05, 0) is 45.4 Å². The molecular weight excluding hydrogens is 240 g/mol. The summed E-state index contributed by atoms with van der Waals surface area (Å²) < 4.78 is 0. The molecule has 4 nitrogen and oxygen atoms in total. The molecule has 0 spiro atoms. The van der Waals surface area contributed by atoms with Crippen LogP contribution in [0.5, 0.6) is 0 Å². The lowest BCUT2D eigenvalue weighted by Crippen LogP contribution is -2.66. The molecule has 1 N–H and O–H groups in total. The van der Waals surface area contributed by atoms with Crippen molar-refractivity contribution in [2.45, 2.75) is 70.9 Å². The SMILES string of the molecule is CCCC1CCC(N2CC(=O)NC(C)(C)C2=O)CC1. The van der Waals surface area contributed by atoms with Crippen LogP contribution in [-0.4, -0.2) is 34.8 Å². The third kappa shape index (κ3) is 3.10. The Bertz CT molecular complexity index is 357. The van der Waals surface area contributed by atoms with Gasteiger partial charge in [-0.3, -0.25) is 9.59 Å². The van der Waals surface area contributed by atoms with Gasteiger partial charge in [-0.1, -0.05) is 19.8 Å². The first-order valence-corrected chi connectivity index (χ1v) is 7.56. The summed E-state index contributed by atoms with van der Waals surface area (Å²) >= 11 is 0. The van der Waals surface area contributed by atoms with Crippen LogP contribution in [0.25, 0.3) is 0 Å². The van der Waals surface area contributed by atoms with Gasteiger partial charge in [0.15, 0.2) is 0 Å². The molecule has 0 radical (unpaired) electrons. The Balaban J connectivity index is 1.98. The summed E-state index contributed by atoms with van der Waals surface area (Å²) in [6.45, 7) is 6.06. The van der Waals surface area contributed by atoms with E-state index in [1.807, 2.05) is 4.90 Å². The van der Waals surface area contributed by atoms with Crippen LogP contribution >= 0.6 is 0 Å². The quantitative estimate of drug-likeness (QED) is 0.850. The molecule has 2 aliphatic rings. The third-order valence-corrected chi connectivity index (χ3v) is 4.52. The van der Waals surface area contributed by atoms with Crippen LogP contribution in [0, 0.1) is 5.92 Å². The van der Waals surface area contributed by atoms with E-state index in [9.17, 15) is 9.59 Å². The normalized spacial score (nSPS) is 31.2. The third-order valence-electron chi connectivity index (χ3n) is 4.52. The summed E-state index contributed by atoms with van der Waals surface area (Å²) in [4.78, 5) is 26.0. The van der Waals surface area contributed by atoms with Crippen LogP contribution in [0.4, 0.5) is 0 Å². The van der Waals surface area contributed by atoms with Crippen LogP contribution in [-0.2, 0) is 9.59 Å². The van der Waals surface area contributed by atoms with Gasteiger partial charge < -0.3 is 10.2 Å². The van der Waals surface area contributed by atoms with Gasteiger partial charge in [-0.2, -0.15) is 0 Å². The molecule has 0 unspecified atom stereocenters. The standard InChI is InChI=1S/C15H26N2O2/c1-4-5-11-6-8-12(9-7-11)17-10-13(18)16-15(2,3)14(17)19/h11-12H,4-10H2,1-3H3,(H,16,18). The summed E-state index contributed by atoms with van der Waals surface area (Å²) in [6.07, 6.45) is 7.05. The number of nitrogens with zero attached hydrogens (tertiary/aromatic N) is 1. The minimum Gasteiger partial charge on any atom is -0.341 e. The predicted octanol–water partition coefficient (Wildman–Crippen LogP) is 2.08. The Morgan fingerprint density at radius 1 is 1.21 bits per heavy atom. The average Bonchev–Trinajstić information content (AvgIpc) is 2.35. The van der Waals surface area contributed by atoms with Crippen LogP contribution in [0.1, 0.15) is 59.3 Å². The molecule has 0 aromatic heterocycles. The molecule has 1 aliphatic carbocycles. The van der Waals surface area contributed by atoms with E-state index in [0.717, 1.165) is 18.8 Å². The van der Waals surface area contributed by atoms with Crippen molar-refractivity contribution in [3.8, 4) is 0 Å². The van der Waals surface area contributed by atoms with Gasteiger partial charge in [0.05, 0.1) is 6.54 Å². The molecule has 1 saturated carbocycles. The van der Waals surface area contributed by atoms with Crippen molar-refractivity contribution in [1.82, 2.24) is 10.2 Å². The maximum absolute atomic E-state index is 12.4. The monoisotopic (exact) mass is 266 g/mol. The molecule has 19 heavy (non-hydrogen) atoms. The van der Waals surface area contributed by atoms with Crippen molar-refractivity contribution in [1.29, 1.82) is 0 Å². The Morgan fingerprint density at radius 2 is 1.84 bits per heavy atom. The van der Waals surface area contributed by atoms with Crippen molar-refractivity contribution < 1.29 is 9.59 Å². The van der Waals surface area contributed by atoms with Crippen molar-refractivity contribution >= 4 is 11.8 Å². The van der Waals surface area contributed by atoms with Gasteiger partial charge >= 0.3 is 0 Å². The topological polar surface area (TPSA) is 49.4 Å². The Morgan fingerprint density at radius 3 is 2.42 bits per heavy atom. The molecule has 0 aromatic rings. The van der Waals surface area contributed by atoms with Gasteiger partial charge in [0, 0.05) is 6.04 Å². The average molecular weight is 266 g/mol. The van der Waals surface area contributed by atoms with Crippen LogP contribution in [0.15, 0.2) is 0 Å². The number of nitrogens with one attached hydrogen (secondary N) is 1. The molecule has 0 aromatic carbocycles. The molecule has 1 heterocycles. The number of carbonyl (C=O) groups excluding carboxylic acids is 2. The highest BCUT2D eigenvalue weighted by Crippen LogP contribution is 2.32. The highest BCUT2D eigenvalue weighted by Gasteiger charge is 2.42. The smallest absolute Gasteiger partial charge is 0.248 e. The van der Waals surface area contributed by atoms with Gasteiger partial charge in [0.1, 0.15) is 5.54 Å².